The normalized spacial score (nSPS) is 35.7. The topological polar surface area (TPSA) is 148 Å². The number of benzene rings is 4. The molecular formula is C50H56O16. The maximum Gasteiger partial charge on any atom is 0.188 e. The fourth-order valence-corrected chi connectivity index (χ4v) is 9.68. The molecule has 66 heavy (non-hydrogen) atoms. The Morgan fingerprint density at radius 2 is 0.652 bits per heavy atom. The Kier molecular flexibility index (Phi) is 13.4. The summed E-state index contributed by atoms with van der Waals surface area (Å²) in [6.45, 7) is 3.01. The first-order valence-corrected chi connectivity index (χ1v) is 23.0. The highest BCUT2D eigenvalue weighted by atomic mass is 16.8. The highest BCUT2D eigenvalue weighted by molar-refractivity contribution is 5.38. The van der Waals surface area contributed by atoms with Gasteiger partial charge in [0.15, 0.2) is 37.7 Å². The monoisotopic (exact) mass is 912 g/mol. The quantitative estimate of drug-likeness (QED) is 0.203. The summed E-state index contributed by atoms with van der Waals surface area (Å²) in [7, 11) is 3.21. The first kappa shape index (κ1) is 44.1. The zero-order valence-corrected chi connectivity index (χ0v) is 36.9. The Hall–Kier alpha value is -4.40. The van der Waals surface area contributed by atoms with E-state index in [1.54, 1.807) is 14.2 Å². The Morgan fingerprint density at radius 3 is 1.00 bits per heavy atom. The number of hydrogen-bond acceptors (Lipinski definition) is 16. The van der Waals surface area contributed by atoms with Crippen LogP contribution in [-0.2, 0) is 56.8 Å². The molecule has 6 saturated heterocycles. The van der Waals surface area contributed by atoms with Crippen LogP contribution in [0.1, 0.15) is 73.1 Å². The Balaban J connectivity index is 0.000000146. The lowest BCUT2D eigenvalue weighted by Gasteiger charge is -2.45. The van der Waals surface area contributed by atoms with Gasteiger partial charge in [-0.25, -0.2) is 0 Å². The van der Waals surface area contributed by atoms with Gasteiger partial charge in [-0.15, -0.1) is 0 Å². The molecule has 4 aromatic carbocycles. The van der Waals surface area contributed by atoms with Crippen molar-refractivity contribution < 1.29 is 75.8 Å². The second-order valence-electron chi connectivity index (χ2n) is 17.1. The van der Waals surface area contributed by atoms with Gasteiger partial charge in [-0.3, -0.25) is 0 Å². The number of rotatable bonds is 2. The van der Waals surface area contributed by atoms with Gasteiger partial charge in [-0.05, 0) is 49.9 Å². The number of para-hydroxylation sites is 4. The average molecular weight is 913 g/mol. The van der Waals surface area contributed by atoms with Gasteiger partial charge in [-0.1, -0.05) is 72.8 Å². The van der Waals surface area contributed by atoms with E-state index in [-0.39, 0.29) is 36.6 Å². The van der Waals surface area contributed by atoms with Crippen molar-refractivity contribution in [2.45, 2.75) is 112 Å². The van der Waals surface area contributed by atoms with Crippen molar-refractivity contribution in [1.82, 2.24) is 0 Å². The van der Waals surface area contributed by atoms with Gasteiger partial charge in [0, 0.05) is 36.5 Å². The van der Waals surface area contributed by atoms with Crippen LogP contribution in [0.2, 0.25) is 0 Å². The van der Waals surface area contributed by atoms with Crippen LogP contribution in [0.4, 0.5) is 0 Å². The minimum atomic E-state index is -0.607. The van der Waals surface area contributed by atoms with Gasteiger partial charge in [0.1, 0.15) is 71.8 Å². The molecule has 0 amide bonds. The summed E-state index contributed by atoms with van der Waals surface area (Å²) in [6, 6.07) is 31.2. The highest BCUT2D eigenvalue weighted by Crippen LogP contribution is 2.48. The summed E-state index contributed by atoms with van der Waals surface area (Å²) in [6.07, 6.45) is -3.27. The third-order valence-corrected chi connectivity index (χ3v) is 13.0. The largest absolute Gasteiger partial charge is 0.493 e. The van der Waals surface area contributed by atoms with E-state index < -0.39 is 49.9 Å². The molecule has 14 atom stereocenters. The molecule has 0 saturated carbocycles. The maximum absolute atomic E-state index is 6.45. The number of ether oxygens (including phenoxy) is 16. The van der Waals surface area contributed by atoms with Crippen LogP contribution in [0.15, 0.2) is 97.1 Å². The zero-order chi connectivity index (χ0) is 44.4. The van der Waals surface area contributed by atoms with Crippen molar-refractivity contribution >= 4 is 0 Å². The van der Waals surface area contributed by atoms with Crippen molar-refractivity contribution in [3.8, 4) is 23.0 Å². The third-order valence-electron chi connectivity index (χ3n) is 13.0. The molecule has 16 heteroatoms. The molecule has 0 aromatic heterocycles. The van der Waals surface area contributed by atoms with E-state index in [0.29, 0.717) is 39.6 Å². The standard InChI is InChI=1S/2C25H28O8/c2*1-26-25-22-21-20-19(30-25)14-29-23(31-20)15-8-2-4-10-17(15)27-12-6-7-13-28-18-11-5-3-9-16(18)24(32-21)33-22/h2*2-5,8-11,19-25H,6-7,12-14H2,1H3/t2*19-,20-,21+,22+,23-,24-,25+/m11/s1. The molecule has 6 fully saturated rings. The minimum absolute atomic E-state index is 0.340. The lowest BCUT2D eigenvalue weighted by Crippen LogP contribution is -2.61. The molecule has 8 bridgehead atoms. The summed E-state index contributed by atoms with van der Waals surface area (Å²) in [5, 5.41) is 0. The predicted octanol–water partition coefficient (Wildman–Crippen LogP) is 7.01. The summed E-state index contributed by atoms with van der Waals surface area (Å²) in [4.78, 5) is 0. The molecular weight excluding hydrogens is 857 g/mol. The number of fused-ring (bicyclic) bond motifs is 12. The minimum Gasteiger partial charge on any atom is -0.493 e. The van der Waals surface area contributed by atoms with Gasteiger partial charge >= 0.3 is 0 Å². The Labute approximate surface area is 383 Å². The van der Waals surface area contributed by atoms with Crippen LogP contribution in [0, 0.1) is 0 Å². The molecule has 8 heterocycles. The molecule has 16 nitrogen and oxygen atoms in total. The lowest BCUT2D eigenvalue weighted by atomic mass is 9.98. The van der Waals surface area contributed by atoms with Crippen molar-refractivity contribution in [2.24, 2.45) is 0 Å². The third kappa shape index (κ3) is 8.91. The smallest absolute Gasteiger partial charge is 0.188 e. The van der Waals surface area contributed by atoms with Gasteiger partial charge in [0.2, 0.25) is 0 Å². The SMILES string of the molecule is CO[C@H]1O[C@@H]2CO[C@@H]3O[C@H]2[C@@H]2O[C@H](O[C@H]12)c1ccccc1OCCCCOc1ccccc13.CO[C@H]1O[C@@H]2CO[C@@H]3O[C@H]2[C@@H]2O[C@H](O[C@H]12)c1ccccc1OCCCCOc1ccccc13. The molecule has 0 N–H and O–H groups in total. The molecule has 0 aliphatic carbocycles. The Morgan fingerprint density at radius 1 is 0.348 bits per heavy atom. The summed E-state index contributed by atoms with van der Waals surface area (Å²) in [5.74, 6) is 3.00. The van der Waals surface area contributed by atoms with Crippen LogP contribution in [0.5, 0.6) is 23.0 Å². The van der Waals surface area contributed by atoms with Crippen molar-refractivity contribution in [2.75, 3.05) is 53.9 Å². The summed E-state index contributed by atoms with van der Waals surface area (Å²) in [5.41, 5.74) is 3.39. The van der Waals surface area contributed by atoms with E-state index in [9.17, 15) is 0 Å². The summed E-state index contributed by atoms with van der Waals surface area (Å²) >= 11 is 0. The van der Waals surface area contributed by atoms with Crippen molar-refractivity contribution in [3.05, 3.63) is 119 Å². The van der Waals surface area contributed by atoms with E-state index in [2.05, 4.69) is 0 Å². The molecule has 12 rings (SSSR count). The molecule has 4 aromatic rings. The average Bonchev–Trinajstić information content (AvgIpc) is 4.02. The predicted molar refractivity (Wildman–Crippen MR) is 230 cm³/mol. The van der Waals surface area contributed by atoms with E-state index in [1.165, 1.54) is 0 Å². The number of methoxy groups -OCH3 is 2. The zero-order valence-electron chi connectivity index (χ0n) is 36.9. The van der Waals surface area contributed by atoms with E-state index >= 15 is 0 Å². The van der Waals surface area contributed by atoms with Crippen LogP contribution in [0.3, 0.4) is 0 Å². The second-order valence-corrected chi connectivity index (χ2v) is 17.1. The van der Waals surface area contributed by atoms with Crippen LogP contribution < -0.4 is 18.9 Å². The van der Waals surface area contributed by atoms with Gasteiger partial charge < -0.3 is 75.8 Å². The van der Waals surface area contributed by atoms with Crippen molar-refractivity contribution in [1.29, 1.82) is 0 Å². The van der Waals surface area contributed by atoms with Gasteiger partial charge in [0.05, 0.1) is 39.6 Å². The molecule has 8 aliphatic rings. The first-order valence-electron chi connectivity index (χ1n) is 23.0. The first-order chi connectivity index (χ1) is 32.6. The van der Waals surface area contributed by atoms with Gasteiger partial charge in [-0.2, -0.15) is 0 Å². The van der Waals surface area contributed by atoms with Gasteiger partial charge in [0.25, 0.3) is 0 Å². The lowest BCUT2D eigenvalue weighted by molar-refractivity contribution is -0.343. The molecule has 0 radical (unpaired) electrons. The molecule has 8 aliphatic heterocycles. The molecule has 352 valence electrons. The van der Waals surface area contributed by atoms with E-state index in [0.717, 1.165) is 70.9 Å². The maximum atomic E-state index is 6.45. The highest BCUT2D eigenvalue weighted by Gasteiger charge is 2.58. The summed E-state index contributed by atoms with van der Waals surface area (Å²) < 4.78 is 98.4. The van der Waals surface area contributed by atoms with E-state index in [1.807, 2.05) is 97.1 Å². The van der Waals surface area contributed by atoms with E-state index in [4.69, 9.17) is 75.8 Å². The molecule has 0 spiro atoms. The van der Waals surface area contributed by atoms with Crippen LogP contribution in [0.25, 0.3) is 0 Å². The molecule has 0 unspecified atom stereocenters. The van der Waals surface area contributed by atoms with Crippen LogP contribution >= 0.6 is 0 Å². The second kappa shape index (κ2) is 20.1. The number of hydrogen-bond donors (Lipinski definition) is 0. The van der Waals surface area contributed by atoms with Crippen LogP contribution in [-0.4, -0.2) is 115 Å². The fourth-order valence-electron chi connectivity index (χ4n) is 9.68. The Bertz CT molecular complexity index is 2090. The van der Waals surface area contributed by atoms with Crippen molar-refractivity contribution in [3.63, 3.8) is 0 Å². The fraction of sp³-hybridized carbons (Fsp3) is 0.520.